The average molecular weight is 379 g/mol. The second-order valence-corrected chi connectivity index (χ2v) is 5.88. The molecule has 0 aliphatic rings. The van der Waals surface area contributed by atoms with Crippen LogP contribution >= 0.6 is 12.4 Å². The van der Waals surface area contributed by atoms with Gasteiger partial charge in [0.2, 0.25) is 0 Å². The molecule has 26 heavy (non-hydrogen) atoms. The van der Waals surface area contributed by atoms with Crippen molar-refractivity contribution in [2.75, 3.05) is 27.3 Å². The maximum Gasteiger partial charge on any atom is 0.254 e. The van der Waals surface area contributed by atoms with Crippen molar-refractivity contribution < 1.29 is 14.3 Å². The van der Waals surface area contributed by atoms with Crippen molar-refractivity contribution in [3.05, 3.63) is 59.2 Å². The van der Waals surface area contributed by atoms with E-state index in [2.05, 4.69) is 0 Å². The van der Waals surface area contributed by atoms with Gasteiger partial charge in [0, 0.05) is 18.7 Å². The summed E-state index contributed by atoms with van der Waals surface area (Å²) < 4.78 is 10.7. The summed E-state index contributed by atoms with van der Waals surface area (Å²) in [6, 6.07) is 13.5. The van der Waals surface area contributed by atoms with Gasteiger partial charge in [-0.1, -0.05) is 30.3 Å². The number of halogens is 1. The highest BCUT2D eigenvalue weighted by Crippen LogP contribution is 2.31. The van der Waals surface area contributed by atoms with Crippen molar-refractivity contribution >= 4 is 18.3 Å². The van der Waals surface area contributed by atoms with Crippen LogP contribution in [0, 0.1) is 6.92 Å². The Kier molecular flexibility index (Phi) is 8.96. The third-order valence-corrected chi connectivity index (χ3v) is 4.10. The van der Waals surface area contributed by atoms with Gasteiger partial charge >= 0.3 is 0 Å². The van der Waals surface area contributed by atoms with E-state index >= 15 is 0 Å². The summed E-state index contributed by atoms with van der Waals surface area (Å²) in [5.41, 5.74) is 8.21. The van der Waals surface area contributed by atoms with Crippen LogP contribution in [0.1, 0.15) is 27.9 Å². The summed E-state index contributed by atoms with van der Waals surface area (Å²) in [5, 5.41) is 0. The Balaban J connectivity index is 0.00000338. The first-order chi connectivity index (χ1) is 12.1. The van der Waals surface area contributed by atoms with E-state index in [-0.39, 0.29) is 18.3 Å². The number of aryl methyl sites for hydroxylation is 1. The number of benzene rings is 2. The summed E-state index contributed by atoms with van der Waals surface area (Å²) >= 11 is 0. The van der Waals surface area contributed by atoms with Crippen LogP contribution < -0.4 is 15.2 Å². The lowest BCUT2D eigenvalue weighted by Crippen LogP contribution is -2.33. The molecule has 0 saturated heterocycles. The first kappa shape index (κ1) is 21.8. The molecule has 142 valence electrons. The summed E-state index contributed by atoms with van der Waals surface area (Å²) in [4.78, 5) is 15.0. The lowest BCUT2D eigenvalue weighted by atomic mass is 10.1. The number of ether oxygens (including phenoxy) is 2. The number of hydrogen-bond acceptors (Lipinski definition) is 4. The van der Waals surface area contributed by atoms with E-state index in [4.69, 9.17) is 15.2 Å². The van der Waals surface area contributed by atoms with E-state index in [1.807, 2.05) is 48.2 Å². The molecule has 2 aromatic rings. The molecule has 6 heteroatoms. The van der Waals surface area contributed by atoms with Crippen molar-refractivity contribution in [1.29, 1.82) is 0 Å². The molecule has 0 fully saturated rings. The van der Waals surface area contributed by atoms with Gasteiger partial charge in [-0.25, -0.2) is 0 Å². The van der Waals surface area contributed by atoms with Gasteiger partial charge in [-0.3, -0.25) is 4.79 Å². The second kappa shape index (κ2) is 10.7. The lowest BCUT2D eigenvalue weighted by molar-refractivity contribution is 0.0741. The van der Waals surface area contributed by atoms with Gasteiger partial charge in [-0.15, -0.1) is 12.4 Å². The van der Waals surface area contributed by atoms with Gasteiger partial charge in [0.05, 0.1) is 14.2 Å². The molecule has 2 N–H and O–H groups in total. The number of rotatable bonds is 8. The zero-order valence-corrected chi connectivity index (χ0v) is 16.3. The van der Waals surface area contributed by atoms with Crippen LogP contribution in [-0.2, 0) is 6.54 Å². The predicted molar refractivity (Wildman–Crippen MR) is 106 cm³/mol. The maximum absolute atomic E-state index is 13.1. The monoisotopic (exact) mass is 378 g/mol. The third kappa shape index (κ3) is 5.38. The predicted octanol–water partition coefficient (Wildman–Crippen LogP) is 3.43. The minimum atomic E-state index is -0.0317. The highest BCUT2D eigenvalue weighted by molar-refractivity contribution is 5.96. The topological polar surface area (TPSA) is 64.8 Å². The smallest absolute Gasteiger partial charge is 0.254 e. The number of hydrogen-bond donors (Lipinski definition) is 1. The van der Waals surface area contributed by atoms with Gasteiger partial charge < -0.3 is 20.1 Å². The van der Waals surface area contributed by atoms with E-state index in [1.54, 1.807) is 20.3 Å². The summed E-state index contributed by atoms with van der Waals surface area (Å²) in [7, 11) is 3.15. The first-order valence-electron chi connectivity index (χ1n) is 8.36. The number of amides is 1. The van der Waals surface area contributed by atoms with E-state index < -0.39 is 0 Å². The molecule has 5 nitrogen and oxygen atoms in total. The number of nitrogens with two attached hydrogens (primary N) is 1. The molecule has 2 rings (SSSR count). The van der Waals surface area contributed by atoms with Gasteiger partial charge in [-0.2, -0.15) is 0 Å². The molecule has 1 amide bonds. The average Bonchev–Trinajstić information content (AvgIpc) is 2.65. The van der Waals surface area contributed by atoms with Crippen LogP contribution in [-0.4, -0.2) is 38.1 Å². The standard InChI is InChI=1S/C20H26N2O3.ClH/c1-15-12-18(24-2)19(25-3)13-17(15)20(23)22(11-7-10-21)14-16-8-5-4-6-9-16;/h4-6,8-9,12-13H,7,10-11,14,21H2,1-3H3;1H. The Morgan fingerprint density at radius 1 is 1.08 bits per heavy atom. The Morgan fingerprint density at radius 3 is 2.27 bits per heavy atom. The van der Waals surface area contributed by atoms with E-state index in [0.29, 0.717) is 36.7 Å². The second-order valence-electron chi connectivity index (χ2n) is 5.88. The van der Waals surface area contributed by atoms with Crippen molar-refractivity contribution in [2.24, 2.45) is 5.73 Å². The number of carbonyl (C=O) groups excluding carboxylic acids is 1. The molecule has 0 atom stereocenters. The van der Waals surface area contributed by atoms with E-state index in [0.717, 1.165) is 17.5 Å². The maximum atomic E-state index is 13.1. The van der Waals surface area contributed by atoms with Gasteiger partial charge in [0.1, 0.15) is 0 Å². The normalized spacial score (nSPS) is 10.0. The van der Waals surface area contributed by atoms with Crippen LogP contribution in [0.15, 0.2) is 42.5 Å². The molecule has 0 bridgehead atoms. The molecule has 0 spiro atoms. The fraction of sp³-hybridized carbons (Fsp3) is 0.350. The molecule has 0 aromatic heterocycles. The van der Waals surface area contributed by atoms with Gasteiger partial charge in [0.25, 0.3) is 5.91 Å². The zero-order chi connectivity index (χ0) is 18.2. The Bertz CT molecular complexity index is 708. The molecule has 0 aliphatic carbocycles. The number of nitrogens with zero attached hydrogens (tertiary/aromatic N) is 1. The quantitative estimate of drug-likeness (QED) is 0.764. The first-order valence-corrected chi connectivity index (χ1v) is 8.36. The molecule has 0 radical (unpaired) electrons. The number of carbonyl (C=O) groups is 1. The van der Waals surface area contributed by atoms with Crippen molar-refractivity contribution in [2.45, 2.75) is 19.9 Å². The van der Waals surface area contributed by atoms with Crippen molar-refractivity contribution in [3.63, 3.8) is 0 Å². The molecular formula is C20H27ClN2O3. The fourth-order valence-corrected chi connectivity index (χ4v) is 2.72. The van der Waals surface area contributed by atoms with Crippen LogP contribution in [0.3, 0.4) is 0 Å². The zero-order valence-electron chi connectivity index (χ0n) is 15.5. The summed E-state index contributed by atoms with van der Waals surface area (Å²) in [6.07, 6.45) is 0.755. The Labute approximate surface area is 161 Å². The number of methoxy groups -OCH3 is 2. The van der Waals surface area contributed by atoms with Gasteiger partial charge in [0.15, 0.2) is 11.5 Å². The van der Waals surface area contributed by atoms with Crippen LogP contribution in [0.4, 0.5) is 0 Å². The molecule has 0 heterocycles. The molecule has 0 aliphatic heterocycles. The SMILES string of the molecule is COc1cc(C)c(C(=O)N(CCCN)Cc2ccccc2)cc1OC.Cl. The third-order valence-electron chi connectivity index (χ3n) is 4.10. The van der Waals surface area contributed by atoms with Crippen LogP contribution in [0.5, 0.6) is 11.5 Å². The lowest BCUT2D eigenvalue weighted by Gasteiger charge is -2.24. The Hall–Kier alpha value is -2.24. The molecule has 0 saturated carbocycles. The molecule has 2 aromatic carbocycles. The van der Waals surface area contributed by atoms with E-state index in [1.165, 1.54) is 0 Å². The largest absolute Gasteiger partial charge is 0.493 e. The fourth-order valence-electron chi connectivity index (χ4n) is 2.72. The van der Waals surface area contributed by atoms with E-state index in [9.17, 15) is 4.79 Å². The van der Waals surface area contributed by atoms with Crippen LogP contribution in [0.25, 0.3) is 0 Å². The Morgan fingerprint density at radius 2 is 1.69 bits per heavy atom. The van der Waals surface area contributed by atoms with Crippen molar-refractivity contribution in [1.82, 2.24) is 4.90 Å². The van der Waals surface area contributed by atoms with Crippen LogP contribution in [0.2, 0.25) is 0 Å². The molecular weight excluding hydrogens is 352 g/mol. The minimum Gasteiger partial charge on any atom is -0.493 e. The van der Waals surface area contributed by atoms with Crippen molar-refractivity contribution in [3.8, 4) is 11.5 Å². The highest BCUT2D eigenvalue weighted by atomic mass is 35.5. The summed E-state index contributed by atoms with van der Waals surface area (Å²) in [6.45, 7) is 3.60. The molecule has 0 unspecified atom stereocenters. The highest BCUT2D eigenvalue weighted by Gasteiger charge is 2.20. The summed E-state index contributed by atoms with van der Waals surface area (Å²) in [5.74, 6) is 1.14. The minimum absolute atomic E-state index is 0. The van der Waals surface area contributed by atoms with Gasteiger partial charge in [-0.05, 0) is 43.1 Å².